The van der Waals surface area contributed by atoms with Crippen LogP contribution >= 0.6 is 15.9 Å². The van der Waals surface area contributed by atoms with E-state index >= 15 is 0 Å². The zero-order valence-corrected chi connectivity index (χ0v) is 12.3. The first kappa shape index (κ1) is 14.4. The van der Waals surface area contributed by atoms with E-state index in [1.807, 2.05) is 18.2 Å². The van der Waals surface area contributed by atoms with E-state index in [9.17, 15) is 4.39 Å². The third-order valence-corrected chi connectivity index (χ3v) is 3.48. The molecule has 0 aromatic heterocycles. The van der Waals surface area contributed by atoms with Crippen LogP contribution in [0.4, 0.5) is 4.39 Å². The van der Waals surface area contributed by atoms with Gasteiger partial charge in [-0.2, -0.15) is 5.26 Å². The van der Waals surface area contributed by atoms with Crippen molar-refractivity contribution in [3.8, 4) is 17.6 Å². The monoisotopic (exact) mass is 335 g/mol. The fraction of sp³-hybridized carbons (Fsp3) is 0.133. The second-order valence-electron chi connectivity index (χ2n) is 4.00. The number of rotatable bonds is 4. The molecular formula is C15H11BrFNO2. The summed E-state index contributed by atoms with van der Waals surface area (Å²) in [6, 6.07) is 11.4. The highest BCUT2D eigenvalue weighted by molar-refractivity contribution is 9.10. The Morgan fingerprint density at radius 1 is 1.20 bits per heavy atom. The SMILES string of the molecule is COc1ccc(Br)c(COc2ccc(C#N)c(F)c2)c1. The Kier molecular flexibility index (Phi) is 4.59. The van der Waals surface area contributed by atoms with E-state index in [4.69, 9.17) is 14.7 Å². The van der Waals surface area contributed by atoms with Gasteiger partial charge in [0.25, 0.3) is 0 Å². The van der Waals surface area contributed by atoms with Gasteiger partial charge >= 0.3 is 0 Å². The molecule has 0 spiro atoms. The van der Waals surface area contributed by atoms with Gasteiger partial charge in [-0.05, 0) is 30.3 Å². The van der Waals surface area contributed by atoms with Gasteiger partial charge in [0.2, 0.25) is 0 Å². The first-order chi connectivity index (χ1) is 9.63. The number of nitriles is 1. The maximum absolute atomic E-state index is 13.4. The molecule has 20 heavy (non-hydrogen) atoms. The van der Waals surface area contributed by atoms with Crippen molar-refractivity contribution in [1.82, 2.24) is 0 Å². The highest BCUT2D eigenvalue weighted by Crippen LogP contribution is 2.24. The molecule has 2 rings (SSSR count). The Hall–Kier alpha value is -2.06. The molecule has 0 aliphatic carbocycles. The van der Waals surface area contributed by atoms with E-state index in [0.717, 1.165) is 15.8 Å². The van der Waals surface area contributed by atoms with E-state index < -0.39 is 5.82 Å². The molecule has 102 valence electrons. The Morgan fingerprint density at radius 2 is 1.95 bits per heavy atom. The molecule has 0 heterocycles. The third kappa shape index (κ3) is 3.28. The lowest BCUT2D eigenvalue weighted by molar-refractivity contribution is 0.303. The maximum Gasteiger partial charge on any atom is 0.144 e. The summed E-state index contributed by atoms with van der Waals surface area (Å²) in [5.41, 5.74) is 0.883. The lowest BCUT2D eigenvalue weighted by Crippen LogP contribution is -1.98. The summed E-state index contributed by atoms with van der Waals surface area (Å²) in [6.07, 6.45) is 0. The second kappa shape index (κ2) is 6.40. The van der Waals surface area contributed by atoms with Crippen molar-refractivity contribution in [2.75, 3.05) is 7.11 Å². The van der Waals surface area contributed by atoms with Crippen LogP contribution in [0, 0.1) is 17.1 Å². The first-order valence-corrected chi connectivity index (χ1v) is 6.58. The molecule has 0 unspecified atom stereocenters. The predicted octanol–water partition coefficient (Wildman–Crippen LogP) is 4.05. The van der Waals surface area contributed by atoms with Gasteiger partial charge in [-0.1, -0.05) is 15.9 Å². The molecule has 0 saturated carbocycles. The maximum atomic E-state index is 13.4. The van der Waals surface area contributed by atoms with Crippen LogP contribution in [0.2, 0.25) is 0 Å². The normalized spacial score (nSPS) is 9.90. The molecule has 0 atom stereocenters. The molecule has 0 bridgehead atoms. The van der Waals surface area contributed by atoms with Gasteiger partial charge in [0.15, 0.2) is 0 Å². The zero-order chi connectivity index (χ0) is 14.5. The average molecular weight is 336 g/mol. The summed E-state index contributed by atoms with van der Waals surface area (Å²) in [5, 5.41) is 8.66. The summed E-state index contributed by atoms with van der Waals surface area (Å²) in [7, 11) is 1.59. The van der Waals surface area contributed by atoms with Crippen LogP contribution in [-0.2, 0) is 6.61 Å². The Labute approximate surface area is 124 Å². The van der Waals surface area contributed by atoms with Crippen molar-refractivity contribution in [3.63, 3.8) is 0 Å². The van der Waals surface area contributed by atoms with Crippen LogP contribution in [0.15, 0.2) is 40.9 Å². The number of hydrogen-bond acceptors (Lipinski definition) is 3. The number of halogens is 2. The predicted molar refractivity (Wildman–Crippen MR) is 76.1 cm³/mol. The van der Waals surface area contributed by atoms with Gasteiger partial charge in [0.1, 0.15) is 30.0 Å². The number of benzene rings is 2. The molecule has 0 amide bonds. The van der Waals surface area contributed by atoms with Gasteiger partial charge in [-0.3, -0.25) is 0 Å². The standard InChI is InChI=1S/C15H11BrFNO2/c1-19-12-4-5-14(16)11(6-12)9-20-13-3-2-10(8-18)15(17)7-13/h2-7H,9H2,1H3. The van der Waals surface area contributed by atoms with Gasteiger partial charge in [-0.25, -0.2) is 4.39 Å². The summed E-state index contributed by atoms with van der Waals surface area (Å²) < 4.78 is 25.0. The van der Waals surface area contributed by atoms with E-state index in [-0.39, 0.29) is 12.2 Å². The number of ether oxygens (including phenoxy) is 2. The van der Waals surface area contributed by atoms with Gasteiger partial charge < -0.3 is 9.47 Å². The van der Waals surface area contributed by atoms with Gasteiger partial charge in [0.05, 0.1) is 12.7 Å². The molecule has 0 fully saturated rings. The third-order valence-electron chi connectivity index (χ3n) is 2.71. The molecule has 0 aliphatic heterocycles. The van der Waals surface area contributed by atoms with E-state index in [1.165, 1.54) is 12.1 Å². The molecule has 2 aromatic carbocycles. The van der Waals surface area contributed by atoms with Crippen molar-refractivity contribution >= 4 is 15.9 Å². The molecule has 0 radical (unpaired) electrons. The van der Waals surface area contributed by atoms with Crippen molar-refractivity contribution < 1.29 is 13.9 Å². The van der Waals surface area contributed by atoms with Crippen LogP contribution in [0.3, 0.4) is 0 Å². The highest BCUT2D eigenvalue weighted by atomic mass is 79.9. The molecule has 0 N–H and O–H groups in total. The molecule has 0 aliphatic rings. The Morgan fingerprint density at radius 3 is 2.60 bits per heavy atom. The van der Waals surface area contributed by atoms with E-state index in [1.54, 1.807) is 19.2 Å². The van der Waals surface area contributed by atoms with Crippen LogP contribution in [0.25, 0.3) is 0 Å². The minimum absolute atomic E-state index is 0.0000825. The van der Waals surface area contributed by atoms with Crippen LogP contribution in [0.5, 0.6) is 11.5 Å². The molecule has 5 heteroatoms. The number of nitrogens with zero attached hydrogens (tertiary/aromatic N) is 1. The lowest BCUT2D eigenvalue weighted by atomic mass is 10.2. The van der Waals surface area contributed by atoms with Crippen LogP contribution in [-0.4, -0.2) is 7.11 Å². The zero-order valence-electron chi connectivity index (χ0n) is 10.7. The van der Waals surface area contributed by atoms with Gasteiger partial charge in [-0.15, -0.1) is 0 Å². The summed E-state index contributed by atoms with van der Waals surface area (Å²) in [6.45, 7) is 0.267. The average Bonchev–Trinajstić information content (AvgIpc) is 2.46. The lowest BCUT2D eigenvalue weighted by Gasteiger charge is -2.10. The van der Waals surface area contributed by atoms with Crippen molar-refractivity contribution in [2.24, 2.45) is 0 Å². The van der Waals surface area contributed by atoms with E-state index in [0.29, 0.717) is 5.75 Å². The minimum atomic E-state index is -0.588. The summed E-state index contributed by atoms with van der Waals surface area (Å²) >= 11 is 3.42. The largest absolute Gasteiger partial charge is 0.497 e. The minimum Gasteiger partial charge on any atom is -0.497 e. The fourth-order valence-electron chi connectivity index (χ4n) is 1.63. The molecule has 2 aromatic rings. The van der Waals surface area contributed by atoms with Crippen molar-refractivity contribution in [2.45, 2.75) is 6.61 Å². The second-order valence-corrected chi connectivity index (χ2v) is 4.85. The van der Waals surface area contributed by atoms with E-state index in [2.05, 4.69) is 15.9 Å². The molecular weight excluding hydrogens is 325 g/mol. The van der Waals surface area contributed by atoms with Crippen molar-refractivity contribution in [3.05, 3.63) is 57.8 Å². The smallest absolute Gasteiger partial charge is 0.144 e. The Balaban J connectivity index is 2.13. The topological polar surface area (TPSA) is 42.2 Å². The Bertz CT molecular complexity index is 667. The molecule has 3 nitrogen and oxygen atoms in total. The summed E-state index contributed by atoms with van der Waals surface area (Å²) in [5.74, 6) is 0.503. The van der Waals surface area contributed by atoms with Crippen molar-refractivity contribution in [1.29, 1.82) is 5.26 Å². The summed E-state index contributed by atoms with van der Waals surface area (Å²) in [4.78, 5) is 0. The fourth-order valence-corrected chi connectivity index (χ4v) is 1.99. The quantitative estimate of drug-likeness (QED) is 0.846. The first-order valence-electron chi connectivity index (χ1n) is 5.79. The van der Waals surface area contributed by atoms with Crippen LogP contribution < -0.4 is 9.47 Å². The number of methoxy groups -OCH3 is 1. The van der Waals surface area contributed by atoms with Crippen LogP contribution in [0.1, 0.15) is 11.1 Å². The number of hydrogen-bond donors (Lipinski definition) is 0. The molecule has 0 saturated heterocycles. The highest BCUT2D eigenvalue weighted by Gasteiger charge is 2.06. The van der Waals surface area contributed by atoms with Gasteiger partial charge in [0, 0.05) is 16.1 Å².